The van der Waals surface area contributed by atoms with E-state index >= 15 is 0 Å². The normalized spacial score (nSPS) is 19.6. The molecule has 0 radical (unpaired) electrons. The van der Waals surface area contributed by atoms with Gasteiger partial charge in [-0.25, -0.2) is 4.79 Å². The molecule has 1 aliphatic heterocycles. The van der Waals surface area contributed by atoms with Crippen LogP contribution in [0.5, 0.6) is 0 Å². The number of nitrogens with zero attached hydrogens (tertiary/aromatic N) is 1. The van der Waals surface area contributed by atoms with E-state index in [1.54, 1.807) is 0 Å². The standard InChI is InChI=1S/C23H27NO2/c1-5-11-21-19-15-10-9-14-18(19)20(17-12-7-6-8-13-17)16-24(21)22(25)26-23(2,3)4/h5-10,12-15,20-21H,1,11,16H2,2-4H3/t20-,21+/m1/s1. The Morgan fingerprint density at radius 1 is 1.12 bits per heavy atom. The molecule has 1 aliphatic rings. The molecule has 1 amide bonds. The zero-order valence-corrected chi connectivity index (χ0v) is 15.8. The van der Waals surface area contributed by atoms with Gasteiger partial charge in [-0.05, 0) is 43.9 Å². The average molecular weight is 349 g/mol. The van der Waals surface area contributed by atoms with Gasteiger partial charge in [0, 0.05) is 12.5 Å². The van der Waals surface area contributed by atoms with E-state index in [1.807, 2.05) is 56.0 Å². The predicted octanol–water partition coefficient (Wildman–Crippen LogP) is 5.69. The van der Waals surface area contributed by atoms with Crippen molar-refractivity contribution in [3.05, 3.63) is 83.9 Å². The van der Waals surface area contributed by atoms with E-state index in [-0.39, 0.29) is 18.1 Å². The molecule has 0 fully saturated rings. The molecule has 1 heterocycles. The number of rotatable bonds is 3. The lowest BCUT2D eigenvalue weighted by atomic mass is 9.80. The fraction of sp³-hybridized carbons (Fsp3) is 0.348. The Kier molecular flexibility index (Phi) is 5.17. The van der Waals surface area contributed by atoms with Gasteiger partial charge in [0.15, 0.2) is 0 Å². The number of benzene rings is 2. The van der Waals surface area contributed by atoms with Crippen LogP contribution in [0.1, 0.15) is 55.8 Å². The van der Waals surface area contributed by atoms with Gasteiger partial charge in [0.1, 0.15) is 5.60 Å². The number of carbonyl (C=O) groups is 1. The van der Waals surface area contributed by atoms with Gasteiger partial charge in [-0.1, -0.05) is 60.7 Å². The number of fused-ring (bicyclic) bond motifs is 1. The monoisotopic (exact) mass is 349 g/mol. The van der Waals surface area contributed by atoms with Gasteiger partial charge in [0.2, 0.25) is 0 Å². The molecule has 0 aromatic heterocycles. The third-order valence-corrected chi connectivity index (χ3v) is 4.71. The van der Waals surface area contributed by atoms with Crippen LogP contribution < -0.4 is 0 Å². The molecule has 0 unspecified atom stereocenters. The Bertz CT molecular complexity index is 776. The van der Waals surface area contributed by atoms with E-state index in [4.69, 9.17) is 4.74 Å². The minimum atomic E-state index is -0.519. The first kappa shape index (κ1) is 18.2. The van der Waals surface area contributed by atoms with Crippen molar-refractivity contribution in [3.63, 3.8) is 0 Å². The van der Waals surface area contributed by atoms with E-state index in [9.17, 15) is 4.79 Å². The van der Waals surface area contributed by atoms with Crippen molar-refractivity contribution < 1.29 is 9.53 Å². The molecule has 2 aromatic carbocycles. The van der Waals surface area contributed by atoms with E-state index in [0.717, 1.165) is 0 Å². The van der Waals surface area contributed by atoms with Gasteiger partial charge in [-0.2, -0.15) is 0 Å². The summed E-state index contributed by atoms with van der Waals surface area (Å²) in [5.41, 5.74) is 3.16. The van der Waals surface area contributed by atoms with Gasteiger partial charge in [0.25, 0.3) is 0 Å². The number of carbonyl (C=O) groups excluding carboxylic acids is 1. The number of ether oxygens (including phenoxy) is 1. The summed E-state index contributed by atoms with van der Waals surface area (Å²) in [7, 11) is 0. The molecular weight excluding hydrogens is 322 g/mol. The summed E-state index contributed by atoms with van der Waals surface area (Å²) >= 11 is 0. The Morgan fingerprint density at radius 2 is 1.73 bits per heavy atom. The van der Waals surface area contributed by atoms with E-state index in [1.165, 1.54) is 16.7 Å². The summed E-state index contributed by atoms with van der Waals surface area (Å²) in [6.07, 6.45) is 2.32. The SMILES string of the molecule is C=CC[C@H]1c2ccccc2[C@@H](c2ccccc2)CN1C(=O)OC(C)(C)C. The highest BCUT2D eigenvalue weighted by Crippen LogP contribution is 2.41. The van der Waals surface area contributed by atoms with E-state index in [0.29, 0.717) is 13.0 Å². The van der Waals surface area contributed by atoms with Gasteiger partial charge in [0.05, 0.1) is 6.04 Å². The molecular formula is C23H27NO2. The van der Waals surface area contributed by atoms with E-state index in [2.05, 4.69) is 36.9 Å². The molecule has 26 heavy (non-hydrogen) atoms. The first-order valence-corrected chi connectivity index (χ1v) is 9.15. The summed E-state index contributed by atoms with van der Waals surface area (Å²) in [5.74, 6) is 0.140. The van der Waals surface area contributed by atoms with Crippen molar-refractivity contribution in [3.8, 4) is 0 Å². The molecule has 0 N–H and O–H groups in total. The number of amides is 1. The Morgan fingerprint density at radius 3 is 2.35 bits per heavy atom. The Labute approximate surface area is 156 Å². The van der Waals surface area contributed by atoms with Gasteiger partial charge < -0.3 is 4.74 Å². The van der Waals surface area contributed by atoms with Crippen LogP contribution in [-0.2, 0) is 4.74 Å². The van der Waals surface area contributed by atoms with Crippen molar-refractivity contribution >= 4 is 6.09 Å². The quantitative estimate of drug-likeness (QED) is 0.667. The van der Waals surface area contributed by atoms with Crippen LogP contribution >= 0.6 is 0 Å². The second-order valence-electron chi connectivity index (χ2n) is 7.77. The van der Waals surface area contributed by atoms with Crippen LogP contribution in [-0.4, -0.2) is 23.1 Å². The van der Waals surface area contributed by atoms with Crippen molar-refractivity contribution in [1.29, 1.82) is 0 Å². The third kappa shape index (κ3) is 3.82. The lowest BCUT2D eigenvalue weighted by Crippen LogP contribution is -2.44. The lowest BCUT2D eigenvalue weighted by molar-refractivity contribution is 0.0131. The molecule has 2 atom stereocenters. The maximum Gasteiger partial charge on any atom is 0.410 e. The Balaban J connectivity index is 2.05. The molecule has 0 aliphatic carbocycles. The highest BCUT2D eigenvalue weighted by atomic mass is 16.6. The summed E-state index contributed by atoms with van der Waals surface area (Å²) in [6, 6.07) is 18.7. The fourth-order valence-electron chi connectivity index (χ4n) is 3.63. The zero-order valence-electron chi connectivity index (χ0n) is 15.8. The van der Waals surface area contributed by atoms with Crippen LogP contribution in [0.4, 0.5) is 4.79 Å². The van der Waals surface area contributed by atoms with E-state index < -0.39 is 5.60 Å². The van der Waals surface area contributed by atoms with Crippen LogP contribution in [0.2, 0.25) is 0 Å². The summed E-state index contributed by atoms with van der Waals surface area (Å²) in [4.78, 5) is 14.8. The zero-order chi connectivity index (χ0) is 18.7. The molecule has 0 saturated heterocycles. The molecule has 3 nitrogen and oxygen atoms in total. The van der Waals surface area contributed by atoms with Crippen molar-refractivity contribution in [2.24, 2.45) is 0 Å². The topological polar surface area (TPSA) is 29.5 Å². The molecule has 3 heteroatoms. The summed E-state index contributed by atoms with van der Waals surface area (Å²) < 4.78 is 5.71. The number of hydrogen-bond donors (Lipinski definition) is 0. The second kappa shape index (κ2) is 7.36. The van der Waals surface area contributed by atoms with Gasteiger partial charge in [-0.3, -0.25) is 4.90 Å². The molecule has 3 rings (SSSR count). The van der Waals surface area contributed by atoms with Gasteiger partial charge >= 0.3 is 6.09 Å². The van der Waals surface area contributed by atoms with Crippen LogP contribution in [0.25, 0.3) is 0 Å². The van der Waals surface area contributed by atoms with Crippen molar-refractivity contribution in [2.75, 3.05) is 6.54 Å². The minimum Gasteiger partial charge on any atom is -0.444 e. The first-order chi connectivity index (χ1) is 12.4. The molecule has 0 saturated carbocycles. The van der Waals surface area contributed by atoms with Crippen LogP contribution in [0.3, 0.4) is 0 Å². The fourth-order valence-corrected chi connectivity index (χ4v) is 3.63. The lowest BCUT2D eigenvalue weighted by Gasteiger charge is -2.41. The van der Waals surface area contributed by atoms with Crippen LogP contribution in [0.15, 0.2) is 67.3 Å². The Hall–Kier alpha value is -2.55. The van der Waals surface area contributed by atoms with Crippen molar-refractivity contribution in [2.45, 2.75) is 44.8 Å². The van der Waals surface area contributed by atoms with Crippen molar-refractivity contribution in [1.82, 2.24) is 4.90 Å². The molecule has 0 bridgehead atoms. The predicted molar refractivity (Wildman–Crippen MR) is 105 cm³/mol. The van der Waals surface area contributed by atoms with Crippen LogP contribution in [0, 0.1) is 0 Å². The highest BCUT2D eigenvalue weighted by molar-refractivity contribution is 5.70. The smallest absolute Gasteiger partial charge is 0.410 e. The minimum absolute atomic E-state index is 0.0430. The third-order valence-electron chi connectivity index (χ3n) is 4.71. The summed E-state index contributed by atoms with van der Waals surface area (Å²) in [6.45, 7) is 10.2. The maximum absolute atomic E-state index is 13.0. The highest BCUT2D eigenvalue weighted by Gasteiger charge is 2.37. The number of hydrogen-bond acceptors (Lipinski definition) is 2. The molecule has 2 aromatic rings. The average Bonchev–Trinajstić information content (AvgIpc) is 2.61. The molecule has 136 valence electrons. The molecule has 0 spiro atoms. The first-order valence-electron chi connectivity index (χ1n) is 9.15. The summed E-state index contributed by atoms with van der Waals surface area (Å²) in [5, 5.41) is 0. The maximum atomic E-state index is 13.0. The second-order valence-corrected chi connectivity index (χ2v) is 7.77. The van der Waals surface area contributed by atoms with Gasteiger partial charge in [-0.15, -0.1) is 6.58 Å². The largest absolute Gasteiger partial charge is 0.444 e.